The van der Waals surface area contributed by atoms with Crippen LogP contribution in [0.15, 0.2) is 42.5 Å². The quantitative estimate of drug-likeness (QED) is 0.541. The minimum atomic E-state index is -0.370. The lowest BCUT2D eigenvalue weighted by molar-refractivity contribution is -0.900. The molecule has 0 bridgehead atoms. The highest BCUT2D eigenvalue weighted by Gasteiger charge is 2.21. The van der Waals surface area contributed by atoms with E-state index in [2.05, 4.69) is 45.6 Å². The van der Waals surface area contributed by atoms with Crippen LogP contribution in [-0.2, 0) is 13.5 Å². The molecule has 4 rings (SSSR count). The molecule has 2 aromatic carbocycles. The van der Waals surface area contributed by atoms with Gasteiger partial charge in [0.25, 0.3) is 5.69 Å². The van der Waals surface area contributed by atoms with Crippen LogP contribution >= 0.6 is 0 Å². The molecule has 1 aromatic heterocycles. The first-order valence-electron chi connectivity index (χ1n) is 9.76. The number of aromatic nitrogens is 2. The van der Waals surface area contributed by atoms with E-state index in [0.717, 1.165) is 50.5 Å². The SMILES string of the molecule is Cc1ccc(N2CC[NH+](CCc3nc4cc([N+](=O)[O-])ccc4n3C)CC2)cc1. The Morgan fingerprint density at radius 3 is 2.54 bits per heavy atom. The Morgan fingerprint density at radius 2 is 1.86 bits per heavy atom. The molecule has 28 heavy (non-hydrogen) atoms. The molecule has 3 aromatic rings. The molecule has 1 aliphatic heterocycles. The highest BCUT2D eigenvalue weighted by Crippen LogP contribution is 2.21. The molecule has 1 saturated heterocycles. The maximum atomic E-state index is 11.0. The normalized spacial score (nSPS) is 15.3. The second-order valence-electron chi connectivity index (χ2n) is 7.59. The first-order chi connectivity index (χ1) is 13.5. The van der Waals surface area contributed by atoms with Crippen molar-refractivity contribution < 1.29 is 9.82 Å². The standard InChI is InChI=1S/C21H25N5O2/c1-16-3-5-17(6-4-16)25-13-11-24(12-14-25)10-9-21-22-19-15-18(26(27)28)7-8-20(19)23(21)2/h3-8,15H,9-14H2,1-2H3/p+1. The van der Waals surface area contributed by atoms with Crippen molar-refractivity contribution in [3.05, 3.63) is 64.0 Å². The predicted octanol–water partition coefficient (Wildman–Crippen LogP) is 1.74. The summed E-state index contributed by atoms with van der Waals surface area (Å²) in [5, 5.41) is 11.0. The van der Waals surface area contributed by atoms with E-state index in [1.165, 1.54) is 11.3 Å². The number of benzene rings is 2. The minimum Gasteiger partial charge on any atom is -0.360 e. The van der Waals surface area contributed by atoms with Crippen molar-refractivity contribution in [1.82, 2.24) is 9.55 Å². The lowest BCUT2D eigenvalue weighted by atomic mass is 10.2. The van der Waals surface area contributed by atoms with Gasteiger partial charge in [0, 0.05) is 24.9 Å². The molecule has 7 heteroatoms. The highest BCUT2D eigenvalue weighted by atomic mass is 16.6. The van der Waals surface area contributed by atoms with E-state index in [-0.39, 0.29) is 10.6 Å². The Balaban J connectivity index is 1.37. The zero-order valence-electron chi connectivity index (χ0n) is 16.4. The van der Waals surface area contributed by atoms with Gasteiger partial charge in [-0.15, -0.1) is 0 Å². The van der Waals surface area contributed by atoms with Crippen molar-refractivity contribution in [1.29, 1.82) is 0 Å². The molecule has 7 nitrogen and oxygen atoms in total. The molecule has 1 N–H and O–H groups in total. The molecule has 146 valence electrons. The van der Waals surface area contributed by atoms with Crippen LogP contribution in [0.3, 0.4) is 0 Å². The van der Waals surface area contributed by atoms with Crippen molar-refractivity contribution in [3.63, 3.8) is 0 Å². The third-order valence-electron chi connectivity index (χ3n) is 5.74. The maximum Gasteiger partial charge on any atom is 0.271 e. The first-order valence-corrected chi connectivity index (χ1v) is 9.76. The van der Waals surface area contributed by atoms with Crippen molar-refractivity contribution in [3.8, 4) is 0 Å². The maximum absolute atomic E-state index is 11.0. The van der Waals surface area contributed by atoms with Gasteiger partial charge in [-0.05, 0) is 25.1 Å². The monoisotopic (exact) mass is 380 g/mol. The Labute approximate surface area is 164 Å². The average molecular weight is 380 g/mol. The molecule has 1 fully saturated rings. The number of hydrogen-bond acceptors (Lipinski definition) is 4. The number of non-ortho nitro benzene ring substituents is 1. The summed E-state index contributed by atoms with van der Waals surface area (Å²) >= 11 is 0. The van der Waals surface area contributed by atoms with Crippen LogP contribution in [-0.4, -0.2) is 47.2 Å². The van der Waals surface area contributed by atoms with Gasteiger partial charge in [-0.3, -0.25) is 10.1 Å². The van der Waals surface area contributed by atoms with Gasteiger partial charge in [-0.2, -0.15) is 0 Å². The zero-order chi connectivity index (χ0) is 19.7. The number of imidazole rings is 1. The molecular weight excluding hydrogens is 354 g/mol. The van der Waals surface area contributed by atoms with Gasteiger partial charge >= 0.3 is 0 Å². The average Bonchev–Trinajstić information content (AvgIpc) is 3.02. The van der Waals surface area contributed by atoms with Gasteiger partial charge in [0.05, 0.1) is 55.1 Å². The number of nitrogens with one attached hydrogen (secondary N) is 1. The Bertz CT molecular complexity index is 988. The lowest BCUT2D eigenvalue weighted by Crippen LogP contribution is -3.15. The van der Waals surface area contributed by atoms with Crippen LogP contribution in [0.4, 0.5) is 11.4 Å². The fraction of sp³-hybridized carbons (Fsp3) is 0.381. The van der Waals surface area contributed by atoms with Gasteiger partial charge in [-0.1, -0.05) is 17.7 Å². The van der Waals surface area contributed by atoms with E-state index in [1.807, 2.05) is 7.05 Å². The topological polar surface area (TPSA) is 68.6 Å². The van der Waals surface area contributed by atoms with Crippen molar-refractivity contribution >= 4 is 22.4 Å². The highest BCUT2D eigenvalue weighted by molar-refractivity contribution is 5.78. The molecule has 0 atom stereocenters. The fourth-order valence-corrected chi connectivity index (χ4v) is 3.95. The van der Waals surface area contributed by atoms with Crippen LogP contribution in [0.25, 0.3) is 11.0 Å². The van der Waals surface area contributed by atoms with Gasteiger partial charge in [0.1, 0.15) is 5.82 Å². The van der Waals surface area contributed by atoms with Gasteiger partial charge in [0.15, 0.2) is 0 Å². The third kappa shape index (κ3) is 3.71. The van der Waals surface area contributed by atoms with Crippen molar-refractivity contribution in [2.45, 2.75) is 13.3 Å². The smallest absolute Gasteiger partial charge is 0.271 e. The Morgan fingerprint density at radius 1 is 1.14 bits per heavy atom. The second-order valence-corrected chi connectivity index (χ2v) is 7.59. The molecular formula is C21H26N5O2+. The van der Waals surface area contributed by atoms with Crippen LogP contribution < -0.4 is 9.80 Å². The summed E-state index contributed by atoms with van der Waals surface area (Å²) in [7, 11) is 1.99. The molecule has 0 radical (unpaired) electrons. The number of fused-ring (bicyclic) bond motifs is 1. The number of aryl methyl sites for hydroxylation is 2. The van der Waals surface area contributed by atoms with E-state index in [4.69, 9.17) is 0 Å². The summed E-state index contributed by atoms with van der Waals surface area (Å²) in [6.45, 7) is 7.50. The van der Waals surface area contributed by atoms with E-state index in [0.29, 0.717) is 5.52 Å². The molecule has 0 amide bonds. The number of anilines is 1. The molecule has 0 unspecified atom stereocenters. The summed E-state index contributed by atoms with van der Waals surface area (Å²) < 4.78 is 2.06. The Hall–Kier alpha value is -2.93. The van der Waals surface area contributed by atoms with Crippen molar-refractivity contribution in [2.24, 2.45) is 7.05 Å². The number of nitro benzene ring substituents is 1. The number of piperazine rings is 1. The van der Waals surface area contributed by atoms with E-state index in [9.17, 15) is 10.1 Å². The van der Waals surface area contributed by atoms with Crippen molar-refractivity contribution in [2.75, 3.05) is 37.6 Å². The van der Waals surface area contributed by atoms with E-state index < -0.39 is 0 Å². The number of hydrogen-bond donors (Lipinski definition) is 1. The zero-order valence-corrected chi connectivity index (χ0v) is 16.4. The molecule has 2 heterocycles. The number of nitrogens with zero attached hydrogens (tertiary/aromatic N) is 4. The summed E-state index contributed by atoms with van der Waals surface area (Å²) in [4.78, 5) is 19.3. The lowest BCUT2D eigenvalue weighted by Gasteiger charge is -2.33. The van der Waals surface area contributed by atoms with Gasteiger partial charge in [-0.25, -0.2) is 4.98 Å². The van der Waals surface area contributed by atoms with Gasteiger partial charge in [0.2, 0.25) is 0 Å². The summed E-state index contributed by atoms with van der Waals surface area (Å²) in [6.07, 6.45) is 0.874. The number of quaternary nitrogens is 1. The van der Waals surface area contributed by atoms with Crippen LogP contribution in [0.2, 0.25) is 0 Å². The second kappa shape index (κ2) is 7.59. The van der Waals surface area contributed by atoms with Crippen LogP contribution in [0.1, 0.15) is 11.4 Å². The minimum absolute atomic E-state index is 0.0926. The summed E-state index contributed by atoms with van der Waals surface area (Å²) in [6, 6.07) is 13.7. The Kier molecular flexibility index (Phi) is 5.00. The molecule has 0 saturated carbocycles. The van der Waals surface area contributed by atoms with Crippen LogP contribution in [0, 0.1) is 17.0 Å². The number of rotatable bonds is 5. The predicted molar refractivity (Wildman–Crippen MR) is 110 cm³/mol. The third-order valence-corrected chi connectivity index (χ3v) is 5.74. The largest absolute Gasteiger partial charge is 0.360 e. The summed E-state index contributed by atoms with van der Waals surface area (Å²) in [5.74, 6) is 0.990. The van der Waals surface area contributed by atoms with E-state index >= 15 is 0 Å². The molecule has 0 aliphatic carbocycles. The summed E-state index contributed by atoms with van der Waals surface area (Å²) in [5.41, 5.74) is 4.34. The fourth-order valence-electron chi connectivity index (χ4n) is 3.95. The molecule has 0 spiro atoms. The number of nitro groups is 1. The van der Waals surface area contributed by atoms with E-state index in [1.54, 1.807) is 23.1 Å². The van der Waals surface area contributed by atoms with Crippen LogP contribution in [0.5, 0.6) is 0 Å². The molecule has 1 aliphatic rings. The van der Waals surface area contributed by atoms with Gasteiger partial charge < -0.3 is 14.4 Å². The first kappa shape index (κ1) is 18.4.